The predicted octanol–water partition coefficient (Wildman–Crippen LogP) is 6.65. The van der Waals surface area contributed by atoms with E-state index in [1.54, 1.807) is 28.3 Å². The molecule has 5 rings (SSSR count). The number of benzene rings is 3. The number of para-hydroxylation sites is 2. The highest BCUT2D eigenvalue weighted by Crippen LogP contribution is 2.29. The number of anilines is 1. The van der Waals surface area contributed by atoms with E-state index in [2.05, 4.69) is 5.32 Å². The Morgan fingerprint density at radius 1 is 0.844 bits per heavy atom. The van der Waals surface area contributed by atoms with E-state index in [1.807, 2.05) is 96.4 Å². The number of ether oxygens (including phenoxy) is 1. The molecule has 0 saturated carbocycles. The molecule has 32 heavy (non-hydrogen) atoms. The maximum Gasteiger partial charge on any atom is 0.259 e. The number of rotatable bonds is 6. The lowest BCUT2D eigenvalue weighted by Crippen LogP contribution is -2.12. The van der Waals surface area contributed by atoms with E-state index in [0.717, 1.165) is 16.3 Å². The maximum atomic E-state index is 13.2. The molecule has 0 saturated heterocycles. The van der Waals surface area contributed by atoms with Gasteiger partial charge < -0.3 is 10.1 Å². The van der Waals surface area contributed by atoms with Crippen LogP contribution < -0.4 is 10.1 Å². The van der Waals surface area contributed by atoms with Crippen LogP contribution in [0.4, 0.5) is 5.69 Å². The summed E-state index contributed by atoms with van der Waals surface area (Å²) in [6, 6.07) is 30.5. The van der Waals surface area contributed by atoms with Crippen LogP contribution in [0.25, 0.3) is 16.3 Å². The zero-order valence-electron chi connectivity index (χ0n) is 17.0. The number of nitrogens with zero attached hydrogens (tertiary/aromatic N) is 2. The monoisotopic (exact) mass is 437 g/mol. The molecule has 156 valence electrons. The second kappa shape index (κ2) is 8.91. The summed E-state index contributed by atoms with van der Waals surface area (Å²) in [6.07, 6.45) is 1.77. The Morgan fingerprint density at radius 3 is 2.34 bits per heavy atom. The molecule has 2 aromatic heterocycles. The number of carbonyl (C=O) groups is 1. The molecule has 5 aromatic rings. The van der Waals surface area contributed by atoms with Crippen LogP contribution in [-0.2, 0) is 0 Å². The van der Waals surface area contributed by atoms with Gasteiger partial charge in [0.2, 0.25) is 0 Å². The first-order valence-electron chi connectivity index (χ1n) is 10.1. The Bertz CT molecular complexity index is 1330. The molecule has 0 atom stereocenters. The van der Waals surface area contributed by atoms with Crippen molar-refractivity contribution in [1.82, 2.24) is 9.78 Å². The van der Waals surface area contributed by atoms with E-state index in [0.29, 0.717) is 22.7 Å². The number of nitrogens with one attached hydrogen (secondary N) is 1. The molecule has 3 aromatic carbocycles. The molecule has 0 bridgehead atoms. The molecule has 0 fully saturated rings. The van der Waals surface area contributed by atoms with Crippen molar-refractivity contribution in [2.75, 3.05) is 5.32 Å². The zero-order valence-corrected chi connectivity index (χ0v) is 17.8. The summed E-state index contributed by atoms with van der Waals surface area (Å²) < 4.78 is 7.62. The topological polar surface area (TPSA) is 56.1 Å². The highest BCUT2D eigenvalue weighted by molar-refractivity contribution is 7.13. The average Bonchev–Trinajstić information content (AvgIpc) is 3.51. The molecule has 1 amide bonds. The van der Waals surface area contributed by atoms with E-state index in [1.165, 1.54) is 0 Å². The van der Waals surface area contributed by atoms with Crippen molar-refractivity contribution in [1.29, 1.82) is 0 Å². The van der Waals surface area contributed by atoms with Crippen LogP contribution in [0.15, 0.2) is 109 Å². The lowest BCUT2D eigenvalue weighted by atomic mass is 10.2. The Labute approximate surface area is 189 Å². The van der Waals surface area contributed by atoms with Gasteiger partial charge in [0, 0.05) is 18.0 Å². The second-order valence-corrected chi connectivity index (χ2v) is 7.99. The molecule has 0 aliphatic rings. The number of carbonyl (C=O) groups excluding carboxylic acids is 1. The van der Waals surface area contributed by atoms with Gasteiger partial charge in [0.25, 0.3) is 5.91 Å². The molecular formula is C26H19N3O2S. The van der Waals surface area contributed by atoms with Crippen LogP contribution in [0.3, 0.4) is 0 Å². The van der Waals surface area contributed by atoms with Crippen LogP contribution in [0.1, 0.15) is 10.4 Å². The molecule has 0 aliphatic heterocycles. The van der Waals surface area contributed by atoms with E-state index in [-0.39, 0.29) is 5.91 Å². The van der Waals surface area contributed by atoms with Gasteiger partial charge in [-0.15, -0.1) is 11.3 Å². The third-order valence-corrected chi connectivity index (χ3v) is 5.68. The summed E-state index contributed by atoms with van der Waals surface area (Å²) in [6.45, 7) is 0. The van der Waals surface area contributed by atoms with Crippen molar-refractivity contribution in [2.45, 2.75) is 0 Å². The van der Waals surface area contributed by atoms with Crippen molar-refractivity contribution < 1.29 is 9.53 Å². The first-order valence-corrected chi connectivity index (χ1v) is 11.0. The van der Waals surface area contributed by atoms with Crippen molar-refractivity contribution in [3.63, 3.8) is 0 Å². The number of hydrogen-bond donors (Lipinski definition) is 1. The molecule has 0 radical (unpaired) electrons. The first kappa shape index (κ1) is 19.8. The lowest BCUT2D eigenvalue weighted by molar-refractivity contribution is 0.102. The van der Waals surface area contributed by atoms with Gasteiger partial charge in [-0.1, -0.05) is 48.5 Å². The van der Waals surface area contributed by atoms with E-state index >= 15 is 0 Å². The molecule has 0 aliphatic carbocycles. The quantitative estimate of drug-likeness (QED) is 0.324. The van der Waals surface area contributed by atoms with Crippen molar-refractivity contribution in [3.05, 3.63) is 114 Å². The average molecular weight is 438 g/mol. The Morgan fingerprint density at radius 2 is 1.59 bits per heavy atom. The van der Waals surface area contributed by atoms with E-state index in [9.17, 15) is 4.79 Å². The maximum absolute atomic E-state index is 13.2. The molecule has 6 heteroatoms. The molecular weight excluding hydrogens is 418 g/mol. The van der Waals surface area contributed by atoms with Gasteiger partial charge in [0.15, 0.2) is 0 Å². The Hall–Kier alpha value is -4.16. The molecule has 2 heterocycles. The van der Waals surface area contributed by atoms with Crippen LogP contribution in [0.5, 0.6) is 11.5 Å². The van der Waals surface area contributed by atoms with Crippen LogP contribution >= 0.6 is 11.3 Å². The standard InChI is InChI=1S/C26H19N3O2S/c30-26(27-19-9-7-14-22(17-19)31-21-12-5-2-6-13-21)23-18-29(20-10-3-1-4-11-20)28-25(23)24-15-8-16-32-24/h1-18H,(H,27,30). The van der Waals surface area contributed by atoms with Crippen molar-refractivity contribution in [3.8, 4) is 27.8 Å². The zero-order chi connectivity index (χ0) is 21.8. The fourth-order valence-electron chi connectivity index (χ4n) is 3.31. The fourth-order valence-corrected chi connectivity index (χ4v) is 4.03. The SMILES string of the molecule is O=C(Nc1cccc(Oc2ccccc2)c1)c1cn(-c2ccccc2)nc1-c1cccs1. The van der Waals surface area contributed by atoms with Gasteiger partial charge >= 0.3 is 0 Å². The third-order valence-electron chi connectivity index (χ3n) is 4.80. The summed E-state index contributed by atoms with van der Waals surface area (Å²) in [5.74, 6) is 1.15. The van der Waals surface area contributed by atoms with Crippen molar-refractivity contribution >= 4 is 22.9 Å². The number of thiophene rings is 1. The van der Waals surface area contributed by atoms with Gasteiger partial charge in [-0.2, -0.15) is 5.10 Å². The van der Waals surface area contributed by atoms with Crippen molar-refractivity contribution in [2.24, 2.45) is 0 Å². The fraction of sp³-hybridized carbons (Fsp3) is 0. The molecule has 0 unspecified atom stereocenters. The summed E-state index contributed by atoms with van der Waals surface area (Å²) in [5, 5.41) is 9.66. The number of amides is 1. The number of hydrogen-bond acceptors (Lipinski definition) is 4. The predicted molar refractivity (Wildman–Crippen MR) is 128 cm³/mol. The summed E-state index contributed by atoms with van der Waals surface area (Å²) >= 11 is 1.55. The van der Waals surface area contributed by atoms with E-state index in [4.69, 9.17) is 9.84 Å². The Balaban J connectivity index is 1.43. The Kier molecular flexibility index (Phi) is 5.51. The minimum Gasteiger partial charge on any atom is -0.457 e. The molecule has 5 nitrogen and oxygen atoms in total. The minimum absolute atomic E-state index is 0.229. The van der Waals surface area contributed by atoms with E-state index < -0.39 is 0 Å². The first-order chi connectivity index (χ1) is 15.8. The minimum atomic E-state index is -0.229. The van der Waals surface area contributed by atoms with Gasteiger partial charge in [0.1, 0.15) is 17.2 Å². The normalized spacial score (nSPS) is 10.6. The van der Waals surface area contributed by atoms with Gasteiger partial charge in [0.05, 0.1) is 16.1 Å². The molecule has 0 spiro atoms. The largest absolute Gasteiger partial charge is 0.457 e. The van der Waals surface area contributed by atoms with Crippen LogP contribution in [0, 0.1) is 0 Å². The summed E-state index contributed by atoms with van der Waals surface area (Å²) in [4.78, 5) is 14.2. The lowest BCUT2D eigenvalue weighted by Gasteiger charge is -2.09. The summed E-state index contributed by atoms with van der Waals surface area (Å²) in [7, 11) is 0. The van der Waals surface area contributed by atoms with Gasteiger partial charge in [-0.3, -0.25) is 4.79 Å². The smallest absolute Gasteiger partial charge is 0.259 e. The highest BCUT2D eigenvalue weighted by atomic mass is 32.1. The molecule has 1 N–H and O–H groups in total. The summed E-state index contributed by atoms with van der Waals surface area (Å²) in [5.41, 5.74) is 2.69. The second-order valence-electron chi connectivity index (χ2n) is 7.05. The van der Waals surface area contributed by atoms with Gasteiger partial charge in [-0.25, -0.2) is 4.68 Å². The van der Waals surface area contributed by atoms with Gasteiger partial charge in [-0.05, 0) is 47.8 Å². The highest BCUT2D eigenvalue weighted by Gasteiger charge is 2.19. The van der Waals surface area contributed by atoms with Crippen LogP contribution in [0.2, 0.25) is 0 Å². The van der Waals surface area contributed by atoms with Crippen LogP contribution in [-0.4, -0.2) is 15.7 Å². The number of aromatic nitrogens is 2. The third kappa shape index (κ3) is 4.31.